The Morgan fingerprint density at radius 2 is 1.48 bits per heavy atom. The molecule has 1 amide bonds. The summed E-state index contributed by atoms with van der Waals surface area (Å²) >= 11 is 0. The zero-order valence-electron chi connectivity index (χ0n) is 18.9. The van der Waals surface area contributed by atoms with Crippen molar-refractivity contribution in [1.82, 2.24) is 8.61 Å². The van der Waals surface area contributed by atoms with Crippen LogP contribution in [0.5, 0.6) is 5.75 Å². The first kappa shape index (κ1) is 25.2. The normalized spacial score (nSPS) is 15.8. The predicted molar refractivity (Wildman–Crippen MR) is 125 cm³/mol. The van der Waals surface area contributed by atoms with Crippen molar-refractivity contribution in [3.05, 3.63) is 48.0 Å². The van der Waals surface area contributed by atoms with Crippen molar-refractivity contribution in [2.75, 3.05) is 39.6 Å². The molecule has 0 aliphatic carbocycles. The van der Waals surface area contributed by atoms with Crippen LogP contribution in [0.3, 0.4) is 0 Å². The number of anilines is 1. The summed E-state index contributed by atoms with van der Waals surface area (Å²) in [6.07, 6.45) is 3.65. The lowest BCUT2D eigenvalue weighted by Gasteiger charge is -2.21. The summed E-state index contributed by atoms with van der Waals surface area (Å²) < 4.78 is 58.6. The van der Waals surface area contributed by atoms with Crippen LogP contribution in [0.1, 0.15) is 36.0 Å². The van der Waals surface area contributed by atoms with Gasteiger partial charge in [0.05, 0.1) is 22.6 Å². The largest absolute Gasteiger partial charge is 0.495 e. The van der Waals surface area contributed by atoms with Gasteiger partial charge in [0.25, 0.3) is 5.91 Å². The van der Waals surface area contributed by atoms with Gasteiger partial charge in [-0.15, -0.1) is 0 Å². The van der Waals surface area contributed by atoms with E-state index in [2.05, 4.69) is 5.32 Å². The Bertz CT molecular complexity index is 1200. The number of carbonyl (C=O) groups excluding carboxylic acids is 1. The highest BCUT2D eigenvalue weighted by atomic mass is 32.2. The Labute approximate surface area is 195 Å². The van der Waals surface area contributed by atoms with Gasteiger partial charge < -0.3 is 10.1 Å². The zero-order chi connectivity index (χ0) is 24.2. The van der Waals surface area contributed by atoms with Crippen LogP contribution < -0.4 is 10.1 Å². The number of ether oxygens (including phenoxy) is 1. The number of methoxy groups -OCH3 is 1. The molecule has 0 bridgehead atoms. The van der Waals surface area contributed by atoms with E-state index in [9.17, 15) is 21.6 Å². The van der Waals surface area contributed by atoms with E-state index in [1.165, 1.54) is 68.0 Å². The number of amides is 1. The first-order valence-electron chi connectivity index (χ1n) is 10.6. The Morgan fingerprint density at radius 1 is 0.909 bits per heavy atom. The number of nitrogens with zero attached hydrogens (tertiary/aromatic N) is 2. The Hall–Kier alpha value is -2.47. The maximum absolute atomic E-state index is 13.1. The summed E-state index contributed by atoms with van der Waals surface area (Å²) in [5.41, 5.74) is 0.430. The van der Waals surface area contributed by atoms with Crippen molar-refractivity contribution in [2.24, 2.45) is 0 Å². The molecule has 1 aliphatic rings. The summed E-state index contributed by atoms with van der Waals surface area (Å²) in [7, 11) is -3.05. The van der Waals surface area contributed by atoms with Crippen molar-refractivity contribution >= 4 is 31.6 Å². The van der Waals surface area contributed by atoms with Crippen LogP contribution in [0.15, 0.2) is 52.3 Å². The SMILES string of the molecule is COc1ccc(S(=O)(=O)N2CCCCCC2)cc1NC(=O)c1ccc(S(=O)(=O)N(C)C)cc1. The average molecular weight is 496 g/mol. The number of rotatable bonds is 7. The minimum atomic E-state index is -3.71. The molecule has 2 aromatic rings. The topological polar surface area (TPSA) is 113 Å². The highest BCUT2D eigenvalue weighted by molar-refractivity contribution is 7.89. The van der Waals surface area contributed by atoms with E-state index < -0.39 is 26.0 Å². The zero-order valence-corrected chi connectivity index (χ0v) is 20.6. The Kier molecular flexibility index (Phi) is 7.78. The number of sulfonamides is 2. The van der Waals surface area contributed by atoms with Crippen LogP contribution in [0.2, 0.25) is 0 Å². The van der Waals surface area contributed by atoms with Gasteiger partial charge >= 0.3 is 0 Å². The standard InChI is InChI=1S/C22H29N3O6S2/c1-24(2)32(27,28)18-10-8-17(9-11-18)22(26)23-20-16-19(12-13-21(20)31-3)33(29,30)25-14-6-4-5-7-15-25/h8-13,16H,4-7,14-15H2,1-3H3,(H,23,26). The number of hydrogen-bond acceptors (Lipinski definition) is 6. The lowest BCUT2D eigenvalue weighted by atomic mass is 10.2. The molecule has 0 atom stereocenters. The van der Waals surface area contributed by atoms with Gasteiger partial charge in [-0.25, -0.2) is 21.1 Å². The first-order chi connectivity index (χ1) is 15.6. The number of hydrogen-bond donors (Lipinski definition) is 1. The molecule has 1 fully saturated rings. The quantitative estimate of drug-likeness (QED) is 0.632. The summed E-state index contributed by atoms with van der Waals surface area (Å²) in [6, 6.07) is 9.86. The van der Waals surface area contributed by atoms with Gasteiger partial charge in [-0.05, 0) is 55.3 Å². The van der Waals surface area contributed by atoms with Gasteiger partial charge in [0.15, 0.2) is 0 Å². The third-order valence-corrected chi connectivity index (χ3v) is 9.24. The summed E-state index contributed by atoms with van der Waals surface area (Å²) in [6.45, 7) is 0.941. The smallest absolute Gasteiger partial charge is 0.255 e. The molecule has 3 rings (SSSR count). The highest BCUT2D eigenvalue weighted by Gasteiger charge is 2.26. The van der Waals surface area contributed by atoms with Crippen LogP contribution in [0.4, 0.5) is 5.69 Å². The fourth-order valence-corrected chi connectivity index (χ4v) is 6.01. The highest BCUT2D eigenvalue weighted by Crippen LogP contribution is 2.30. The molecule has 1 heterocycles. The van der Waals surface area contributed by atoms with E-state index in [1.54, 1.807) is 0 Å². The van der Waals surface area contributed by atoms with Gasteiger partial charge in [-0.1, -0.05) is 12.8 Å². The minimum Gasteiger partial charge on any atom is -0.495 e. The third kappa shape index (κ3) is 5.55. The molecule has 9 nitrogen and oxygen atoms in total. The fraction of sp³-hybridized carbons (Fsp3) is 0.409. The molecule has 0 radical (unpaired) electrons. The van der Waals surface area contributed by atoms with E-state index in [1.807, 2.05) is 0 Å². The second kappa shape index (κ2) is 10.2. The molecule has 0 unspecified atom stereocenters. The summed E-state index contributed by atoms with van der Waals surface area (Å²) in [5.74, 6) is -0.212. The Morgan fingerprint density at radius 3 is 2.03 bits per heavy atom. The summed E-state index contributed by atoms with van der Waals surface area (Å²) in [4.78, 5) is 12.9. The van der Waals surface area contributed by atoms with Crippen LogP contribution >= 0.6 is 0 Å². The van der Waals surface area contributed by atoms with Gasteiger partial charge in [0, 0.05) is 32.7 Å². The van der Waals surface area contributed by atoms with E-state index in [4.69, 9.17) is 4.74 Å². The van der Waals surface area contributed by atoms with Crippen molar-refractivity contribution in [3.63, 3.8) is 0 Å². The molecule has 1 aliphatic heterocycles. The maximum atomic E-state index is 13.1. The van der Waals surface area contributed by atoms with Gasteiger partial charge in [0.1, 0.15) is 5.75 Å². The van der Waals surface area contributed by atoms with Crippen molar-refractivity contribution in [2.45, 2.75) is 35.5 Å². The minimum absolute atomic E-state index is 0.0622. The van der Waals surface area contributed by atoms with Crippen LogP contribution in [0.25, 0.3) is 0 Å². The van der Waals surface area contributed by atoms with Crippen LogP contribution in [-0.4, -0.2) is 65.6 Å². The number of nitrogens with one attached hydrogen (secondary N) is 1. The monoisotopic (exact) mass is 495 g/mol. The number of carbonyl (C=O) groups is 1. The lowest BCUT2D eigenvalue weighted by Crippen LogP contribution is -2.32. The predicted octanol–water partition coefficient (Wildman–Crippen LogP) is 2.76. The average Bonchev–Trinajstić information content (AvgIpc) is 3.09. The van der Waals surface area contributed by atoms with Crippen LogP contribution in [-0.2, 0) is 20.0 Å². The van der Waals surface area contributed by atoms with Crippen LogP contribution in [0, 0.1) is 0 Å². The molecule has 1 N–H and O–H groups in total. The second-order valence-corrected chi connectivity index (χ2v) is 12.0. The third-order valence-electron chi connectivity index (χ3n) is 5.52. The molecule has 2 aromatic carbocycles. The molecule has 0 saturated carbocycles. The van der Waals surface area contributed by atoms with Crippen molar-refractivity contribution in [3.8, 4) is 5.75 Å². The molecule has 180 valence electrons. The van der Waals surface area contributed by atoms with Crippen molar-refractivity contribution in [1.29, 1.82) is 0 Å². The molecule has 11 heteroatoms. The molecular weight excluding hydrogens is 466 g/mol. The van der Waals surface area contributed by atoms with Gasteiger partial charge in [0.2, 0.25) is 20.0 Å². The molecule has 0 aromatic heterocycles. The van der Waals surface area contributed by atoms with E-state index in [-0.39, 0.29) is 21.0 Å². The second-order valence-electron chi connectivity index (χ2n) is 7.95. The molecule has 0 spiro atoms. The maximum Gasteiger partial charge on any atom is 0.255 e. The Balaban J connectivity index is 1.86. The fourth-order valence-electron chi connectivity index (χ4n) is 3.56. The lowest BCUT2D eigenvalue weighted by molar-refractivity contribution is 0.102. The molecule has 1 saturated heterocycles. The van der Waals surface area contributed by atoms with Gasteiger partial charge in [-0.3, -0.25) is 4.79 Å². The first-order valence-corrected chi connectivity index (χ1v) is 13.5. The van der Waals surface area contributed by atoms with Crippen molar-refractivity contribution < 1.29 is 26.4 Å². The van der Waals surface area contributed by atoms with E-state index in [0.29, 0.717) is 18.8 Å². The van der Waals surface area contributed by atoms with Gasteiger partial charge in [-0.2, -0.15) is 4.31 Å². The summed E-state index contributed by atoms with van der Waals surface area (Å²) in [5, 5.41) is 2.68. The molecule has 33 heavy (non-hydrogen) atoms. The van der Waals surface area contributed by atoms with E-state index >= 15 is 0 Å². The molecular formula is C22H29N3O6S2. The van der Waals surface area contributed by atoms with E-state index in [0.717, 1.165) is 30.0 Å². The number of benzene rings is 2.